The van der Waals surface area contributed by atoms with E-state index in [4.69, 9.17) is 0 Å². The fourth-order valence-electron chi connectivity index (χ4n) is 3.53. The number of nitrogens with zero attached hydrogens (tertiary/aromatic N) is 3. The van der Waals surface area contributed by atoms with Gasteiger partial charge >= 0.3 is 0 Å². The minimum Gasteiger partial charge on any atom is -0.356 e. The Kier molecular flexibility index (Phi) is 4.93. The summed E-state index contributed by atoms with van der Waals surface area (Å²) >= 11 is 0. The molecule has 4 aromatic rings. The number of benzene rings is 2. The summed E-state index contributed by atoms with van der Waals surface area (Å²) in [5, 5.41) is 9.79. The van der Waals surface area contributed by atoms with Crippen LogP contribution in [-0.2, 0) is 24.8 Å². The van der Waals surface area contributed by atoms with Crippen molar-refractivity contribution in [3.63, 3.8) is 0 Å². The van der Waals surface area contributed by atoms with Gasteiger partial charge in [0, 0.05) is 37.2 Å². The first-order chi connectivity index (χ1) is 13.6. The molecule has 2 aromatic carbocycles. The number of carbonyl (C=O) groups excluding carboxylic acids is 1. The van der Waals surface area contributed by atoms with Gasteiger partial charge in [-0.1, -0.05) is 36.4 Å². The van der Waals surface area contributed by atoms with Gasteiger partial charge in [-0.2, -0.15) is 5.10 Å². The Bertz CT molecular complexity index is 1210. The largest absolute Gasteiger partial charge is 0.356 e. The Hall–Kier alpha value is -3.41. The average molecular weight is 374 g/mol. The van der Waals surface area contributed by atoms with Crippen LogP contribution < -0.4 is 10.9 Å². The third-order valence-electron chi connectivity index (χ3n) is 4.94. The van der Waals surface area contributed by atoms with E-state index in [1.807, 2.05) is 30.3 Å². The molecular formula is C22H22N4O2. The van der Waals surface area contributed by atoms with Crippen LogP contribution in [0.1, 0.15) is 12.1 Å². The fraction of sp³-hybridized carbons (Fsp3) is 0.227. The van der Waals surface area contributed by atoms with Crippen molar-refractivity contribution in [2.45, 2.75) is 19.4 Å². The van der Waals surface area contributed by atoms with Crippen molar-refractivity contribution in [2.24, 2.45) is 7.05 Å². The van der Waals surface area contributed by atoms with Crippen LogP contribution in [0.15, 0.2) is 65.6 Å². The molecule has 0 saturated carbocycles. The molecule has 0 aliphatic rings. The van der Waals surface area contributed by atoms with Crippen molar-refractivity contribution in [1.29, 1.82) is 0 Å². The van der Waals surface area contributed by atoms with Crippen LogP contribution in [0.5, 0.6) is 0 Å². The van der Waals surface area contributed by atoms with Crippen molar-refractivity contribution >= 4 is 27.6 Å². The number of aromatic nitrogens is 3. The molecule has 4 rings (SSSR count). The number of hydrogen-bond donors (Lipinski definition) is 1. The number of amides is 1. The summed E-state index contributed by atoms with van der Waals surface area (Å²) in [5.41, 5.74) is 1.67. The van der Waals surface area contributed by atoms with Gasteiger partial charge in [0.25, 0.3) is 5.56 Å². The van der Waals surface area contributed by atoms with Crippen molar-refractivity contribution in [1.82, 2.24) is 19.7 Å². The fourth-order valence-corrected chi connectivity index (χ4v) is 3.53. The third-order valence-corrected chi connectivity index (χ3v) is 4.94. The van der Waals surface area contributed by atoms with Gasteiger partial charge in [0.2, 0.25) is 5.91 Å². The summed E-state index contributed by atoms with van der Waals surface area (Å²) in [5.74, 6) is -0.0892. The molecule has 0 fully saturated rings. The first-order valence-corrected chi connectivity index (χ1v) is 9.39. The van der Waals surface area contributed by atoms with Crippen molar-refractivity contribution < 1.29 is 4.79 Å². The highest BCUT2D eigenvalue weighted by Crippen LogP contribution is 2.15. The molecule has 0 atom stereocenters. The quantitative estimate of drug-likeness (QED) is 0.528. The lowest BCUT2D eigenvalue weighted by atomic mass is 10.1. The molecule has 0 bridgehead atoms. The second kappa shape index (κ2) is 7.68. The van der Waals surface area contributed by atoms with E-state index in [0.29, 0.717) is 17.6 Å². The van der Waals surface area contributed by atoms with Crippen LogP contribution in [-0.4, -0.2) is 26.8 Å². The zero-order valence-corrected chi connectivity index (χ0v) is 15.8. The lowest BCUT2D eigenvalue weighted by Crippen LogP contribution is -2.29. The molecule has 1 amide bonds. The molecule has 2 heterocycles. The van der Waals surface area contributed by atoms with Gasteiger partial charge in [-0.15, -0.1) is 0 Å². The van der Waals surface area contributed by atoms with E-state index < -0.39 is 0 Å². The summed E-state index contributed by atoms with van der Waals surface area (Å²) in [7, 11) is 1.61. The topological polar surface area (TPSA) is 68.9 Å². The highest BCUT2D eigenvalue weighted by Gasteiger charge is 2.12. The van der Waals surface area contributed by atoms with Crippen molar-refractivity contribution in [3.8, 4) is 0 Å². The van der Waals surface area contributed by atoms with Gasteiger partial charge in [-0.3, -0.25) is 9.59 Å². The zero-order valence-electron chi connectivity index (χ0n) is 15.8. The molecule has 6 heteroatoms. The summed E-state index contributed by atoms with van der Waals surface area (Å²) in [6, 6.07) is 17.6. The van der Waals surface area contributed by atoms with Gasteiger partial charge < -0.3 is 9.88 Å². The summed E-state index contributed by atoms with van der Waals surface area (Å²) in [4.78, 5) is 24.6. The van der Waals surface area contributed by atoms with Gasteiger partial charge in [-0.25, -0.2) is 4.68 Å². The average Bonchev–Trinajstić information content (AvgIpc) is 3.12. The van der Waals surface area contributed by atoms with Crippen LogP contribution in [0.25, 0.3) is 21.7 Å². The number of carbonyl (C=O) groups is 1. The predicted octanol–water partition coefficient (Wildman–Crippen LogP) is 2.64. The molecule has 28 heavy (non-hydrogen) atoms. The maximum Gasteiger partial charge on any atom is 0.274 e. The van der Waals surface area contributed by atoms with Gasteiger partial charge in [-0.05, 0) is 30.0 Å². The molecule has 0 radical (unpaired) electrons. The zero-order chi connectivity index (χ0) is 19.5. The molecule has 142 valence electrons. The Morgan fingerprint density at radius 1 is 1.04 bits per heavy atom. The molecule has 0 aliphatic carbocycles. The Balaban J connectivity index is 1.37. The number of nitrogens with one attached hydrogen (secondary N) is 1. The third kappa shape index (κ3) is 3.53. The van der Waals surface area contributed by atoms with Crippen molar-refractivity contribution in [2.75, 3.05) is 6.54 Å². The Labute approximate surface area is 162 Å². The first kappa shape index (κ1) is 18.0. The number of aryl methyl sites for hydroxylation is 2. The molecule has 0 unspecified atom stereocenters. The van der Waals surface area contributed by atoms with E-state index in [-0.39, 0.29) is 17.9 Å². The lowest BCUT2D eigenvalue weighted by Gasteiger charge is -2.09. The normalized spacial score (nSPS) is 11.2. The van der Waals surface area contributed by atoms with E-state index in [2.05, 4.69) is 39.4 Å². The van der Waals surface area contributed by atoms with Crippen LogP contribution in [0.3, 0.4) is 0 Å². The molecule has 0 aliphatic heterocycles. The highest BCUT2D eigenvalue weighted by atomic mass is 16.1. The smallest absolute Gasteiger partial charge is 0.274 e. The number of fused-ring (bicyclic) bond motifs is 2. The molecule has 2 aromatic heterocycles. The number of para-hydroxylation sites is 1. The van der Waals surface area contributed by atoms with E-state index in [1.165, 1.54) is 15.6 Å². The summed E-state index contributed by atoms with van der Waals surface area (Å²) in [6.45, 7) is 1.43. The van der Waals surface area contributed by atoms with E-state index in [1.54, 1.807) is 13.1 Å². The standard InChI is InChI=1S/C22H22N4O2/c1-25-22(28)18-9-4-3-8-17(18)19(24-25)15-21(27)23-12-6-13-26-14-11-16-7-2-5-10-20(16)26/h2-5,7-11,14H,6,12-13,15H2,1H3,(H,23,27). The Morgan fingerprint density at radius 3 is 2.64 bits per heavy atom. The van der Waals surface area contributed by atoms with E-state index in [0.717, 1.165) is 18.4 Å². The maximum absolute atomic E-state index is 12.4. The molecule has 0 spiro atoms. The van der Waals surface area contributed by atoms with Gasteiger partial charge in [0.1, 0.15) is 0 Å². The predicted molar refractivity (Wildman–Crippen MR) is 110 cm³/mol. The minimum absolute atomic E-state index is 0.0892. The summed E-state index contributed by atoms with van der Waals surface area (Å²) in [6.07, 6.45) is 3.07. The molecule has 6 nitrogen and oxygen atoms in total. The van der Waals surface area contributed by atoms with Crippen LogP contribution >= 0.6 is 0 Å². The first-order valence-electron chi connectivity index (χ1n) is 9.39. The molecule has 1 N–H and O–H groups in total. The monoisotopic (exact) mass is 374 g/mol. The van der Waals surface area contributed by atoms with E-state index in [9.17, 15) is 9.59 Å². The number of hydrogen-bond acceptors (Lipinski definition) is 3. The Morgan fingerprint density at radius 2 is 1.79 bits per heavy atom. The van der Waals surface area contributed by atoms with Crippen LogP contribution in [0.2, 0.25) is 0 Å². The van der Waals surface area contributed by atoms with Crippen LogP contribution in [0, 0.1) is 0 Å². The molecular weight excluding hydrogens is 352 g/mol. The minimum atomic E-state index is -0.154. The van der Waals surface area contributed by atoms with Gasteiger partial charge in [0.15, 0.2) is 0 Å². The highest BCUT2D eigenvalue weighted by molar-refractivity contribution is 5.88. The lowest BCUT2D eigenvalue weighted by molar-refractivity contribution is -0.120. The summed E-state index contributed by atoms with van der Waals surface area (Å²) < 4.78 is 3.49. The van der Waals surface area contributed by atoms with Crippen LogP contribution in [0.4, 0.5) is 0 Å². The number of rotatable bonds is 6. The second-order valence-electron chi connectivity index (χ2n) is 6.87. The van der Waals surface area contributed by atoms with Crippen molar-refractivity contribution in [3.05, 3.63) is 76.8 Å². The van der Waals surface area contributed by atoms with Gasteiger partial charge in [0.05, 0.1) is 17.5 Å². The second-order valence-corrected chi connectivity index (χ2v) is 6.87. The molecule has 0 saturated heterocycles. The SMILES string of the molecule is Cn1nc(CC(=O)NCCCn2ccc3ccccc32)c2ccccc2c1=O. The maximum atomic E-state index is 12.4. The van der Waals surface area contributed by atoms with E-state index >= 15 is 0 Å².